The number of hydrogen-bond acceptors (Lipinski definition) is 2. The molecule has 0 spiro atoms. The molecule has 0 amide bonds. The van der Waals surface area contributed by atoms with E-state index in [-0.39, 0.29) is 11.1 Å². The molecule has 0 aliphatic heterocycles. The second-order valence-electron chi connectivity index (χ2n) is 3.31. The van der Waals surface area contributed by atoms with Gasteiger partial charge in [-0.25, -0.2) is 13.2 Å². The highest BCUT2D eigenvalue weighted by Crippen LogP contribution is 2.16. The lowest BCUT2D eigenvalue weighted by Crippen LogP contribution is -2.07. The summed E-state index contributed by atoms with van der Waals surface area (Å²) in [6.07, 6.45) is 2.08. The predicted octanol–water partition coefficient (Wildman–Crippen LogP) is 2.73. The Morgan fingerprint density at radius 2 is 1.71 bits per heavy atom. The van der Waals surface area contributed by atoms with E-state index < -0.39 is 23.2 Å². The van der Waals surface area contributed by atoms with Crippen LogP contribution in [0.4, 0.5) is 13.2 Å². The van der Waals surface area contributed by atoms with Crippen molar-refractivity contribution in [1.82, 2.24) is 4.98 Å². The first-order valence-electron chi connectivity index (χ1n) is 4.69. The van der Waals surface area contributed by atoms with E-state index in [2.05, 4.69) is 4.98 Å². The third-order valence-electron chi connectivity index (χ3n) is 2.19. The maximum atomic E-state index is 13.3. The minimum Gasteiger partial charge on any atom is -0.288 e. The Morgan fingerprint density at radius 3 is 2.35 bits per heavy atom. The summed E-state index contributed by atoms with van der Waals surface area (Å²) in [5.74, 6) is -3.51. The number of carbonyl (C=O) groups is 1. The zero-order chi connectivity index (χ0) is 12.4. The molecule has 2 aromatic rings. The van der Waals surface area contributed by atoms with E-state index in [1.165, 1.54) is 6.20 Å². The van der Waals surface area contributed by atoms with Crippen LogP contribution in [-0.2, 0) is 0 Å². The molecule has 86 valence electrons. The van der Waals surface area contributed by atoms with Gasteiger partial charge in [0.1, 0.15) is 11.6 Å². The van der Waals surface area contributed by atoms with Gasteiger partial charge in [-0.3, -0.25) is 9.78 Å². The van der Waals surface area contributed by atoms with Crippen molar-refractivity contribution in [3.05, 3.63) is 65.2 Å². The van der Waals surface area contributed by atoms with Crippen LogP contribution in [0.15, 0.2) is 36.7 Å². The van der Waals surface area contributed by atoms with E-state index in [4.69, 9.17) is 0 Å². The van der Waals surface area contributed by atoms with E-state index in [1.807, 2.05) is 0 Å². The number of hydrogen-bond donors (Lipinski definition) is 0. The fraction of sp³-hybridized carbons (Fsp3) is 0. The number of carbonyl (C=O) groups excluding carboxylic acids is 1. The second kappa shape index (κ2) is 4.37. The fourth-order valence-electron chi connectivity index (χ4n) is 1.38. The predicted molar refractivity (Wildman–Crippen MR) is 54.0 cm³/mol. The van der Waals surface area contributed by atoms with Gasteiger partial charge in [0.2, 0.25) is 0 Å². The molecule has 0 aliphatic carbocycles. The summed E-state index contributed by atoms with van der Waals surface area (Å²) < 4.78 is 39.2. The summed E-state index contributed by atoms with van der Waals surface area (Å²) in [7, 11) is 0. The summed E-state index contributed by atoms with van der Waals surface area (Å²) in [5.41, 5.74) is -0.679. The Labute approximate surface area is 94.7 Å². The Hall–Kier alpha value is -2.17. The van der Waals surface area contributed by atoms with Crippen molar-refractivity contribution < 1.29 is 18.0 Å². The van der Waals surface area contributed by atoms with E-state index in [1.54, 1.807) is 0 Å². The van der Waals surface area contributed by atoms with Crippen molar-refractivity contribution in [1.29, 1.82) is 0 Å². The molecule has 1 heterocycles. The van der Waals surface area contributed by atoms with E-state index >= 15 is 0 Å². The number of halogens is 3. The Balaban J connectivity index is 2.48. The lowest BCUT2D eigenvalue weighted by molar-refractivity contribution is 0.103. The van der Waals surface area contributed by atoms with E-state index in [9.17, 15) is 18.0 Å². The van der Waals surface area contributed by atoms with Gasteiger partial charge in [-0.1, -0.05) is 0 Å². The van der Waals surface area contributed by atoms with Gasteiger partial charge in [-0.2, -0.15) is 0 Å². The number of pyridine rings is 1. The zero-order valence-corrected chi connectivity index (χ0v) is 8.45. The van der Waals surface area contributed by atoms with Crippen molar-refractivity contribution >= 4 is 5.78 Å². The first-order valence-corrected chi connectivity index (χ1v) is 4.69. The number of ketones is 1. The Kier molecular flexibility index (Phi) is 2.91. The number of nitrogens with zero attached hydrogens (tertiary/aromatic N) is 1. The lowest BCUT2D eigenvalue weighted by Gasteiger charge is -2.03. The van der Waals surface area contributed by atoms with Gasteiger partial charge in [0.05, 0.1) is 17.3 Å². The van der Waals surface area contributed by atoms with Gasteiger partial charge >= 0.3 is 0 Å². The largest absolute Gasteiger partial charge is 0.288 e. The third kappa shape index (κ3) is 2.18. The average Bonchev–Trinajstić information content (AvgIpc) is 2.29. The molecule has 0 saturated carbocycles. The molecule has 2 nitrogen and oxygen atoms in total. The fourth-order valence-corrected chi connectivity index (χ4v) is 1.38. The molecule has 17 heavy (non-hydrogen) atoms. The first kappa shape index (κ1) is 11.3. The molecule has 1 aromatic heterocycles. The van der Waals surface area contributed by atoms with Crippen molar-refractivity contribution in [2.24, 2.45) is 0 Å². The Bertz CT molecular complexity index is 584. The standard InChI is InChI=1S/C12H6F3NO/c13-7-1-2-8(10(14)5-7)12(17)9-3-4-16-6-11(9)15/h1-6H. The molecule has 0 aliphatic rings. The maximum absolute atomic E-state index is 13.3. The summed E-state index contributed by atoms with van der Waals surface area (Å²) in [4.78, 5) is 15.2. The summed E-state index contributed by atoms with van der Waals surface area (Å²) in [6.45, 7) is 0. The molecular formula is C12H6F3NO. The normalized spacial score (nSPS) is 10.3. The van der Waals surface area contributed by atoms with Crippen LogP contribution in [0.3, 0.4) is 0 Å². The van der Waals surface area contributed by atoms with Crippen LogP contribution in [0.1, 0.15) is 15.9 Å². The highest BCUT2D eigenvalue weighted by atomic mass is 19.1. The van der Waals surface area contributed by atoms with Gasteiger partial charge in [0, 0.05) is 12.3 Å². The molecule has 2 rings (SSSR count). The molecular weight excluding hydrogens is 231 g/mol. The molecule has 0 unspecified atom stereocenters. The topological polar surface area (TPSA) is 30.0 Å². The molecule has 0 atom stereocenters. The van der Waals surface area contributed by atoms with Crippen molar-refractivity contribution in [2.75, 3.05) is 0 Å². The zero-order valence-electron chi connectivity index (χ0n) is 8.45. The molecule has 0 N–H and O–H groups in total. The van der Waals surface area contributed by atoms with Crippen molar-refractivity contribution in [3.63, 3.8) is 0 Å². The van der Waals surface area contributed by atoms with Crippen LogP contribution in [0, 0.1) is 17.5 Å². The number of rotatable bonds is 2. The van der Waals surface area contributed by atoms with Crippen molar-refractivity contribution in [2.45, 2.75) is 0 Å². The summed E-state index contributed by atoms with van der Waals surface area (Å²) >= 11 is 0. The molecule has 5 heteroatoms. The van der Waals surface area contributed by atoms with E-state index in [0.717, 1.165) is 24.4 Å². The smallest absolute Gasteiger partial charge is 0.199 e. The Morgan fingerprint density at radius 1 is 1.00 bits per heavy atom. The molecule has 0 radical (unpaired) electrons. The van der Waals surface area contributed by atoms with Gasteiger partial charge in [0.15, 0.2) is 11.6 Å². The average molecular weight is 237 g/mol. The molecule has 1 aromatic carbocycles. The third-order valence-corrected chi connectivity index (χ3v) is 2.19. The minimum absolute atomic E-state index is 0.300. The highest BCUT2D eigenvalue weighted by molar-refractivity contribution is 6.09. The van der Waals surface area contributed by atoms with Crippen molar-refractivity contribution in [3.8, 4) is 0 Å². The molecule has 0 bridgehead atoms. The summed E-state index contributed by atoms with van der Waals surface area (Å²) in [6, 6.07) is 3.63. The maximum Gasteiger partial charge on any atom is 0.199 e. The number of benzene rings is 1. The quantitative estimate of drug-likeness (QED) is 0.751. The van der Waals surface area contributed by atoms with Gasteiger partial charge < -0.3 is 0 Å². The molecule has 0 fully saturated rings. The minimum atomic E-state index is -1.02. The summed E-state index contributed by atoms with van der Waals surface area (Å²) in [5, 5.41) is 0. The lowest BCUT2D eigenvalue weighted by atomic mass is 10.0. The van der Waals surface area contributed by atoms with Crippen LogP contribution in [0.2, 0.25) is 0 Å². The van der Waals surface area contributed by atoms with Crippen LogP contribution < -0.4 is 0 Å². The first-order chi connectivity index (χ1) is 8.09. The van der Waals surface area contributed by atoms with E-state index in [0.29, 0.717) is 6.07 Å². The highest BCUT2D eigenvalue weighted by Gasteiger charge is 2.17. The monoisotopic (exact) mass is 237 g/mol. The van der Waals surface area contributed by atoms with Crippen LogP contribution in [0.5, 0.6) is 0 Å². The second-order valence-corrected chi connectivity index (χ2v) is 3.31. The van der Waals surface area contributed by atoms with Gasteiger partial charge in [0.25, 0.3) is 0 Å². The number of aromatic nitrogens is 1. The van der Waals surface area contributed by atoms with Gasteiger partial charge in [-0.05, 0) is 18.2 Å². The SMILES string of the molecule is O=C(c1ccncc1F)c1ccc(F)cc1F. The van der Waals surface area contributed by atoms with Crippen LogP contribution in [-0.4, -0.2) is 10.8 Å². The van der Waals surface area contributed by atoms with Crippen LogP contribution in [0.25, 0.3) is 0 Å². The van der Waals surface area contributed by atoms with Gasteiger partial charge in [-0.15, -0.1) is 0 Å². The molecule has 0 saturated heterocycles. The van der Waals surface area contributed by atoms with Crippen LogP contribution >= 0.6 is 0 Å².